The molecule has 0 saturated carbocycles. The summed E-state index contributed by atoms with van der Waals surface area (Å²) in [7, 11) is 0. The number of aryl methyl sites for hydroxylation is 2. The van der Waals surface area contributed by atoms with Gasteiger partial charge in [-0.2, -0.15) is 11.3 Å². The van der Waals surface area contributed by atoms with Gasteiger partial charge in [-0.05, 0) is 31.5 Å². The van der Waals surface area contributed by atoms with E-state index in [0.717, 1.165) is 17.0 Å². The van der Waals surface area contributed by atoms with E-state index in [1.807, 2.05) is 57.5 Å². The Morgan fingerprint density at radius 1 is 1.07 bits per heavy atom. The maximum absolute atomic E-state index is 4.84. The molecule has 0 bridgehead atoms. The molecule has 2 heterocycles. The van der Waals surface area contributed by atoms with E-state index >= 15 is 0 Å². The molecule has 15 heavy (non-hydrogen) atoms. The number of nitrogens with zero attached hydrogens (tertiary/aromatic N) is 1. The predicted octanol–water partition coefficient (Wildman–Crippen LogP) is 4.37. The zero-order valence-corrected chi connectivity index (χ0v) is 10.9. The zero-order valence-electron chi connectivity index (χ0n) is 10.1. The highest BCUT2D eigenvalue weighted by molar-refractivity contribution is 7.07. The Kier molecular flexibility index (Phi) is 7.64. The molecule has 3 heteroatoms. The maximum atomic E-state index is 4.84. The highest BCUT2D eigenvalue weighted by Crippen LogP contribution is 2.08. The van der Waals surface area contributed by atoms with Gasteiger partial charge in [0.15, 0.2) is 0 Å². The Morgan fingerprint density at radius 2 is 1.60 bits per heavy atom. The van der Waals surface area contributed by atoms with E-state index in [0.29, 0.717) is 0 Å². The quantitative estimate of drug-likeness (QED) is 0.665. The van der Waals surface area contributed by atoms with Gasteiger partial charge in [0.25, 0.3) is 0 Å². The minimum Gasteiger partial charge on any atom is -0.361 e. The van der Waals surface area contributed by atoms with E-state index in [4.69, 9.17) is 4.52 Å². The SMILES string of the molecule is CC.Cc1noc(C)c1C.c1ccsc1. The molecule has 0 aromatic carbocycles. The average molecular weight is 225 g/mol. The van der Waals surface area contributed by atoms with Crippen LogP contribution in [0.15, 0.2) is 27.4 Å². The lowest BCUT2D eigenvalue weighted by molar-refractivity contribution is 0.392. The highest BCUT2D eigenvalue weighted by Gasteiger charge is 1.99. The fraction of sp³-hybridized carbons (Fsp3) is 0.417. The van der Waals surface area contributed by atoms with Crippen LogP contribution in [0.5, 0.6) is 0 Å². The third kappa shape index (κ3) is 5.37. The van der Waals surface area contributed by atoms with E-state index in [9.17, 15) is 0 Å². The number of hydrogen-bond donors (Lipinski definition) is 0. The van der Waals surface area contributed by atoms with Crippen molar-refractivity contribution >= 4 is 11.3 Å². The Hall–Kier alpha value is -1.09. The minimum atomic E-state index is 0.919. The smallest absolute Gasteiger partial charge is 0.136 e. The molecule has 2 nitrogen and oxygen atoms in total. The number of thiophene rings is 1. The first-order valence-electron chi connectivity index (χ1n) is 5.08. The second kappa shape index (κ2) is 8.24. The largest absolute Gasteiger partial charge is 0.361 e. The summed E-state index contributed by atoms with van der Waals surface area (Å²) in [5.41, 5.74) is 2.15. The fourth-order valence-corrected chi connectivity index (χ4v) is 1.21. The molecule has 2 aromatic heterocycles. The van der Waals surface area contributed by atoms with Gasteiger partial charge in [-0.1, -0.05) is 31.1 Å². The Bertz CT molecular complexity index is 302. The van der Waals surface area contributed by atoms with Gasteiger partial charge in [-0.15, -0.1) is 0 Å². The molecule has 0 aliphatic heterocycles. The van der Waals surface area contributed by atoms with E-state index < -0.39 is 0 Å². The first-order valence-corrected chi connectivity index (χ1v) is 6.02. The molecule has 0 fully saturated rings. The summed E-state index contributed by atoms with van der Waals surface area (Å²) in [6, 6.07) is 4.04. The molecule has 0 spiro atoms. The lowest BCUT2D eigenvalue weighted by atomic mass is 10.2. The monoisotopic (exact) mass is 225 g/mol. The third-order valence-corrected chi connectivity index (χ3v) is 2.44. The molecule has 0 unspecified atom stereocenters. The first kappa shape index (κ1) is 13.9. The molecule has 0 saturated heterocycles. The van der Waals surface area contributed by atoms with Crippen molar-refractivity contribution in [2.24, 2.45) is 0 Å². The fourth-order valence-electron chi connectivity index (χ4n) is 0.755. The second-order valence-electron chi connectivity index (χ2n) is 2.74. The summed E-state index contributed by atoms with van der Waals surface area (Å²) >= 11 is 1.71. The van der Waals surface area contributed by atoms with Gasteiger partial charge in [0.05, 0.1) is 5.69 Å². The van der Waals surface area contributed by atoms with Gasteiger partial charge >= 0.3 is 0 Å². The van der Waals surface area contributed by atoms with E-state index in [2.05, 4.69) is 5.16 Å². The number of aromatic nitrogens is 1. The van der Waals surface area contributed by atoms with Gasteiger partial charge in [-0.25, -0.2) is 0 Å². The van der Waals surface area contributed by atoms with Crippen LogP contribution in [0, 0.1) is 20.8 Å². The topological polar surface area (TPSA) is 26.0 Å². The van der Waals surface area contributed by atoms with Gasteiger partial charge in [-0.3, -0.25) is 0 Å². The normalized spacial score (nSPS) is 8.33. The summed E-state index contributed by atoms with van der Waals surface area (Å²) < 4.78 is 4.84. The Morgan fingerprint density at radius 3 is 1.73 bits per heavy atom. The van der Waals surface area contributed by atoms with Crippen molar-refractivity contribution in [2.75, 3.05) is 0 Å². The molecule has 84 valence electrons. The lowest BCUT2D eigenvalue weighted by Gasteiger charge is -1.80. The molecule has 0 amide bonds. The second-order valence-corrected chi connectivity index (χ2v) is 3.56. The minimum absolute atomic E-state index is 0.919. The van der Waals surface area contributed by atoms with Crippen LogP contribution >= 0.6 is 11.3 Å². The van der Waals surface area contributed by atoms with Crippen molar-refractivity contribution in [1.82, 2.24) is 5.16 Å². The number of rotatable bonds is 0. The van der Waals surface area contributed by atoms with Crippen LogP contribution in [-0.2, 0) is 0 Å². The number of hydrogen-bond acceptors (Lipinski definition) is 3. The van der Waals surface area contributed by atoms with E-state index in [1.165, 1.54) is 0 Å². The van der Waals surface area contributed by atoms with Crippen LogP contribution in [0.25, 0.3) is 0 Å². The molecule has 2 rings (SSSR count). The Balaban J connectivity index is 0.000000241. The van der Waals surface area contributed by atoms with Crippen LogP contribution in [0.4, 0.5) is 0 Å². The van der Waals surface area contributed by atoms with Crippen molar-refractivity contribution in [1.29, 1.82) is 0 Å². The van der Waals surface area contributed by atoms with Crippen molar-refractivity contribution in [3.8, 4) is 0 Å². The lowest BCUT2D eigenvalue weighted by Crippen LogP contribution is -1.73. The molecule has 0 N–H and O–H groups in total. The molecule has 0 aliphatic rings. The van der Waals surface area contributed by atoms with Crippen molar-refractivity contribution in [3.63, 3.8) is 0 Å². The van der Waals surface area contributed by atoms with Crippen LogP contribution < -0.4 is 0 Å². The van der Waals surface area contributed by atoms with Crippen LogP contribution in [0.3, 0.4) is 0 Å². The van der Waals surface area contributed by atoms with Gasteiger partial charge in [0.2, 0.25) is 0 Å². The van der Waals surface area contributed by atoms with Gasteiger partial charge < -0.3 is 4.52 Å². The Labute approximate surface area is 95.9 Å². The van der Waals surface area contributed by atoms with Crippen LogP contribution in [0.1, 0.15) is 30.9 Å². The summed E-state index contributed by atoms with van der Waals surface area (Å²) in [4.78, 5) is 0. The summed E-state index contributed by atoms with van der Waals surface area (Å²) in [6.45, 7) is 9.85. The molecule has 0 radical (unpaired) electrons. The van der Waals surface area contributed by atoms with Crippen molar-refractivity contribution in [3.05, 3.63) is 39.9 Å². The molecular formula is C12H19NOS. The first-order chi connectivity index (χ1) is 7.22. The van der Waals surface area contributed by atoms with Crippen molar-refractivity contribution < 1.29 is 4.52 Å². The zero-order chi connectivity index (χ0) is 11.7. The molecule has 0 aliphatic carbocycles. The molecular weight excluding hydrogens is 206 g/mol. The van der Waals surface area contributed by atoms with Crippen LogP contribution in [0.2, 0.25) is 0 Å². The van der Waals surface area contributed by atoms with Crippen LogP contribution in [-0.4, -0.2) is 5.16 Å². The van der Waals surface area contributed by atoms with Gasteiger partial charge in [0.1, 0.15) is 5.76 Å². The third-order valence-electron chi connectivity index (χ3n) is 1.82. The van der Waals surface area contributed by atoms with E-state index in [-0.39, 0.29) is 0 Å². The highest BCUT2D eigenvalue weighted by atomic mass is 32.1. The summed E-state index contributed by atoms with van der Waals surface area (Å²) in [5, 5.41) is 7.82. The standard InChI is InChI=1S/C6H9NO.C4H4S.C2H6/c1-4-5(2)7-8-6(4)3;1-2-4-5-3-1;1-2/h1-3H3;1-4H;1-2H3. The van der Waals surface area contributed by atoms with Crippen molar-refractivity contribution in [2.45, 2.75) is 34.6 Å². The predicted molar refractivity (Wildman–Crippen MR) is 66.4 cm³/mol. The molecule has 2 aromatic rings. The van der Waals surface area contributed by atoms with E-state index in [1.54, 1.807) is 11.3 Å². The summed E-state index contributed by atoms with van der Waals surface area (Å²) in [6.07, 6.45) is 0. The molecule has 0 atom stereocenters. The average Bonchev–Trinajstić information content (AvgIpc) is 2.92. The summed E-state index contributed by atoms with van der Waals surface area (Å²) in [5.74, 6) is 0.919. The van der Waals surface area contributed by atoms with Gasteiger partial charge in [0, 0.05) is 5.56 Å². The maximum Gasteiger partial charge on any atom is 0.136 e.